The lowest BCUT2D eigenvalue weighted by Crippen LogP contribution is -2.46. The second-order valence-corrected chi connectivity index (χ2v) is 7.88. The molecule has 4 N–H and O–H groups in total. The van der Waals surface area contributed by atoms with Crippen LogP contribution < -0.4 is 26.7 Å². The Labute approximate surface area is 196 Å². The number of primary amides is 1. The van der Waals surface area contributed by atoms with Crippen LogP contribution in [0.1, 0.15) is 36.9 Å². The highest BCUT2D eigenvalue weighted by Gasteiger charge is 2.21. The third-order valence-electron chi connectivity index (χ3n) is 5.40. The van der Waals surface area contributed by atoms with E-state index in [1.807, 2.05) is 37.3 Å². The summed E-state index contributed by atoms with van der Waals surface area (Å²) in [7, 11) is 1.49. The summed E-state index contributed by atoms with van der Waals surface area (Å²) < 4.78 is 10.4. The summed E-state index contributed by atoms with van der Waals surface area (Å²) in [5, 5.41) is 5.99. The van der Waals surface area contributed by atoms with Crippen molar-refractivity contribution in [1.29, 1.82) is 0 Å². The molecule has 2 atom stereocenters. The molecular formula is C25H27N3O6. The fourth-order valence-corrected chi connectivity index (χ4v) is 3.58. The van der Waals surface area contributed by atoms with Crippen LogP contribution in [0.4, 0.5) is 0 Å². The number of ether oxygens (including phenoxy) is 1. The molecular weight excluding hydrogens is 438 g/mol. The molecule has 0 unspecified atom stereocenters. The quantitative estimate of drug-likeness (QED) is 0.391. The van der Waals surface area contributed by atoms with Gasteiger partial charge < -0.3 is 25.5 Å². The Hall–Kier alpha value is -4.14. The molecule has 0 saturated heterocycles. The van der Waals surface area contributed by atoms with Gasteiger partial charge in [0.15, 0.2) is 0 Å². The van der Waals surface area contributed by atoms with Crippen molar-refractivity contribution >= 4 is 28.7 Å². The molecule has 3 amide bonds. The van der Waals surface area contributed by atoms with Crippen LogP contribution in [-0.2, 0) is 20.8 Å². The highest BCUT2D eigenvalue weighted by molar-refractivity contribution is 5.90. The molecule has 0 fully saturated rings. The van der Waals surface area contributed by atoms with Crippen LogP contribution in [0.2, 0.25) is 0 Å². The zero-order valence-corrected chi connectivity index (χ0v) is 19.0. The number of nitrogens with two attached hydrogens (primary N) is 1. The maximum Gasteiger partial charge on any atom is 0.336 e. The molecule has 9 nitrogen and oxygen atoms in total. The van der Waals surface area contributed by atoms with Gasteiger partial charge in [0.2, 0.25) is 17.7 Å². The Morgan fingerprint density at radius 3 is 2.32 bits per heavy atom. The number of methoxy groups -OCH3 is 1. The van der Waals surface area contributed by atoms with Crippen LogP contribution in [-0.4, -0.2) is 30.9 Å². The highest BCUT2D eigenvalue weighted by atomic mass is 16.5. The minimum Gasteiger partial charge on any atom is -0.497 e. The minimum atomic E-state index is -1.06. The number of hydrogen-bond donors (Lipinski definition) is 3. The van der Waals surface area contributed by atoms with Crippen LogP contribution >= 0.6 is 0 Å². The van der Waals surface area contributed by atoms with E-state index >= 15 is 0 Å². The van der Waals surface area contributed by atoms with E-state index in [0.29, 0.717) is 22.3 Å². The molecule has 0 aliphatic rings. The molecule has 1 heterocycles. The standard InChI is InChI=1S/C25H27N3O6/c1-15(16-6-4-3-5-7-16)27-22(29)10-11-23(30)28-20(25(26)32)12-17-13-24(31)34-21-14-18(33-2)8-9-19(17)21/h3-9,13-15,20H,10-12H2,1-2H3,(H2,26,32)(H,27,29)(H,28,30)/t15-,20-/m1/s1. The smallest absolute Gasteiger partial charge is 0.336 e. The Balaban J connectivity index is 1.62. The fraction of sp³-hybridized carbons (Fsp3) is 0.280. The SMILES string of the molecule is COc1ccc2c(C[C@@H](NC(=O)CCC(=O)N[C@H](C)c3ccccc3)C(N)=O)cc(=O)oc2c1. The number of hydrogen-bond acceptors (Lipinski definition) is 6. The molecule has 2 aromatic carbocycles. The van der Waals surface area contributed by atoms with Gasteiger partial charge in [-0.3, -0.25) is 14.4 Å². The average Bonchev–Trinajstić information content (AvgIpc) is 2.82. The summed E-state index contributed by atoms with van der Waals surface area (Å²) in [6.45, 7) is 1.85. The molecule has 178 valence electrons. The second kappa shape index (κ2) is 11.1. The summed E-state index contributed by atoms with van der Waals surface area (Å²) in [5.41, 5.74) is 6.63. The largest absolute Gasteiger partial charge is 0.497 e. The van der Waals surface area contributed by atoms with Crippen molar-refractivity contribution in [3.8, 4) is 5.75 Å². The summed E-state index contributed by atoms with van der Waals surface area (Å²) >= 11 is 0. The summed E-state index contributed by atoms with van der Waals surface area (Å²) in [5.74, 6) is -1.04. The van der Waals surface area contributed by atoms with Crippen molar-refractivity contribution < 1.29 is 23.5 Å². The lowest BCUT2D eigenvalue weighted by atomic mass is 10.0. The summed E-state index contributed by atoms with van der Waals surface area (Å²) in [6, 6.07) is 14.4. The molecule has 34 heavy (non-hydrogen) atoms. The third-order valence-corrected chi connectivity index (χ3v) is 5.40. The first-order chi connectivity index (χ1) is 16.3. The van der Waals surface area contributed by atoms with Gasteiger partial charge in [-0.2, -0.15) is 0 Å². The highest BCUT2D eigenvalue weighted by Crippen LogP contribution is 2.23. The van der Waals surface area contributed by atoms with Gasteiger partial charge in [-0.25, -0.2) is 4.79 Å². The van der Waals surface area contributed by atoms with Crippen molar-refractivity contribution in [3.05, 3.63) is 76.1 Å². The Morgan fingerprint density at radius 2 is 1.68 bits per heavy atom. The summed E-state index contributed by atoms with van der Waals surface area (Å²) in [4.78, 5) is 48.7. The van der Waals surface area contributed by atoms with Crippen LogP contribution in [0.3, 0.4) is 0 Å². The first-order valence-electron chi connectivity index (χ1n) is 10.8. The maximum atomic E-state index is 12.4. The van der Waals surface area contributed by atoms with Crippen LogP contribution in [0, 0.1) is 0 Å². The number of amides is 3. The van der Waals surface area contributed by atoms with Gasteiger partial charge >= 0.3 is 5.63 Å². The minimum absolute atomic E-state index is 0.00720. The maximum absolute atomic E-state index is 12.4. The Bertz CT molecular complexity index is 1240. The molecule has 1 aromatic heterocycles. The number of fused-ring (bicyclic) bond motifs is 1. The first kappa shape index (κ1) is 24.5. The molecule has 0 aliphatic heterocycles. The first-order valence-corrected chi connectivity index (χ1v) is 10.8. The average molecular weight is 466 g/mol. The normalized spacial score (nSPS) is 12.5. The van der Waals surface area contributed by atoms with E-state index in [1.165, 1.54) is 13.2 Å². The van der Waals surface area contributed by atoms with Gasteiger partial charge in [-0.05, 0) is 30.2 Å². The van der Waals surface area contributed by atoms with Gasteiger partial charge in [-0.1, -0.05) is 30.3 Å². The molecule has 3 aromatic rings. The van der Waals surface area contributed by atoms with Gasteiger partial charge in [-0.15, -0.1) is 0 Å². The molecule has 0 bridgehead atoms. The van der Waals surface area contributed by atoms with Gasteiger partial charge in [0.25, 0.3) is 0 Å². The third kappa shape index (κ3) is 6.44. The van der Waals surface area contributed by atoms with Crippen LogP contribution in [0.5, 0.6) is 5.75 Å². The number of carbonyl (C=O) groups excluding carboxylic acids is 3. The van der Waals surface area contributed by atoms with E-state index in [-0.39, 0.29) is 31.2 Å². The number of carbonyl (C=O) groups is 3. The van der Waals surface area contributed by atoms with E-state index in [1.54, 1.807) is 18.2 Å². The van der Waals surface area contributed by atoms with Crippen LogP contribution in [0.25, 0.3) is 11.0 Å². The molecule has 0 radical (unpaired) electrons. The van der Waals surface area contributed by atoms with E-state index in [9.17, 15) is 19.2 Å². The number of benzene rings is 2. The van der Waals surface area contributed by atoms with Gasteiger partial charge in [0.1, 0.15) is 17.4 Å². The van der Waals surface area contributed by atoms with E-state index in [4.69, 9.17) is 14.9 Å². The van der Waals surface area contributed by atoms with Crippen molar-refractivity contribution in [2.24, 2.45) is 5.73 Å². The van der Waals surface area contributed by atoms with Crippen LogP contribution in [0.15, 0.2) is 63.8 Å². The Morgan fingerprint density at radius 1 is 1.00 bits per heavy atom. The number of rotatable bonds is 10. The van der Waals surface area contributed by atoms with Gasteiger partial charge in [0, 0.05) is 36.8 Å². The zero-order chi connectivity index (χ0) is 24.7. The van der Waals surface area contributed by atoms with E-state index in [0.717, 1.165) is 5.56 Å². The summed E-state index contributed by atoms with van der Waals surface area (Å²) in [6.07, 6.45) is -0.176. The molecule has 0 aliphatic carbocycles. The second-order valence-electron chi connectivity index (χ2n) is 7.88. The molecule has 0 spiro atoms. The van der Waals surface area contributed by atoms with Gasteiger partial charge in [0.05, 0.1) is 13.2 Å². The zero-order valence-electron chi connectivity index (χ0n) is 19.0. The monoisotopic (exact) mass is 465 g/mol. The Kier molecular flexibility index (Phi) is 8.02. The number of nitrogens with one attached hydrogen (secondary N) is 2. The van der Waals surface area contributed by atoms with E-state index in [2.05, 4.69) is 10.6 Å². The lowest BCUT2D eigenvalue weighted by molar-refractivity contribution is -0.129. The van der Waals surface area contributed by atoms with Crippen molar-refractivity contribution in [3.63, 3.8) is 0 Å². The topological polar surface area (TPSA) is 141 Å². The predicted molar refractivity (Wildman–Crippen MR) is 126 cm³/mol. The predicted octanol–water partition coefficient (Wildman–Crippen LogP) is 1.97. The molecule has 9 heteroatoms. The molecule has 3 rings (SSSR count). The fourth-order valence-electron chi connectivity index (χ4n) is 3.58. The van der Waals surface area contributed by atoms with Crippen molar-refractivity contribution in [2.45, 2.75) is 38.3 Å². The lowest BCUT2D eigenvalue weighted by Gasteiger charge is -2.17. The van der Waals surface area contributed by atoms with E-state index < -0.39 is 23.5 Å². The van der Waals surface area contributed by atoms with Crippen molar-refractivity contribution in [2.75, 3.05) is 7.11 Å². The van der Waals surface area contributed by atoms with Crippen molar-refractivity contribution in [1.82, 2.24) is 10.6 Å². The molecule has 0 saturated carbocycles.